The van der Waals surface area contributed by atoms with Crippen LogP contribution >= 0.6 is 0 Å². The number of esters is 1. The van der Waals surface area contributed by atoms with Crippen LogP contribution in [0.25, 0.3) is 0 Å². The summed E-state index contributed by atoms with van der Waals surface area (Å²) in [6.45, 7) is 6.54. The van der Waals surface area contributed by atoms with Crippen LogP contribution in [0.15, 0.2) is 0 Å². The summed E-state index contributed by atoms with van der Waals surface area (Å²) in [5.41, 5.74) is 0.0361. The lowest BCUT2D eigenvalue weighted by Gasteiger charge is -2.28. The summed E-state index contributed by atoms with van der Waals surface area (Å²) in [4.78, 5) is 12.0. The maximum atomic E-state index is 12.0. The van der Waals surface area contributed by atoms with Crippen molar-refractivity contribution in [3.05, 3.63) is 0 Å². The maximum absolute atomic E-state index is 12.0. The zero-order valence-electron chi connectivity index (χ0n) is 11.1. The minimum absolute atomic E-state index is 0.0186. The quantitative estimate of drug-likeness (QED) is 0.557. The predicted molar refractivity (Wildman–Crippen MR) is 62.6 cm³/mol. The van der Waals surface area contributed by atoms with Crippen molar-refractivity contribution in [1.82, 2.24) is 0 Å². The summed E-state index contributed by atoms with van der Waals surface area (Å²) in [7, 11) is 1.61. The SMILES string of the molecule is COCC(C)OC(=O)C1CC2OC2(C)CC1C. The number of ether oxygens (including phenoxy) is 3. The molecule has 2 fully saturated rings. The molecule has 4 nitrogen and oxygen atoms in total. The summed E-state index contributed by atoms with van der Waals surface area (Å²) in [6, 6.07) is 0. The van der Waals surface area contributed by atoms with E-state index in [2.05, 4.69) is 13.8 Å². The minimum atomic E-state index is -0.173. The molecule has 1 saturated heterocycles. The van der Waals surface area contributed by atoms with Crippen LogP contribution in [0.4, 0.5) is 0 Å². The fourth-order valence-electron chi connectivity index (χ4n) is 2.90. The van der Waals surface area contributed by atoms with Crippen LogP contribution in [0.3, 0.4) is 0 Å². The number of rotatable bonds is 4. The molecule has 98 valence electrons. The fourth-order valence-corrected chi connectivity index (χ4v) is 2.90. The van der Waals surface area contributed by atoms with Crippen LogP contribution in [0.2, 0.25) is 0 Å². The molecule has 0 radical (unpaired) electrons. The zero-order valence-corrected chi connectivity index (χ0v) is 11.1. The molecule has 0 N–H and O–H groups in total. The first-order valence-corrected chi connectivity index (χ1v) is 6.33. The van der Waals surface area contributed by atoms with Gasteiger partial charge in [0.2, 0.25) is 0 Å². The van der Waals surface area contributed by atoms with Crippen molar-refractivity contribution in [2.75, 3.05) is 13.7 Å². The van der Waals surface area contributed by atoms with E-state index in [1.165, 1.54) is 0 Å². The van der Waals surface area contributed by atoms with Gasteiger partial charge in [-0.2, -0.15) is 0 Å². The number of epoxide rings is 1. The molecule has 5 unspecified atom stereocenters. The van der Waals surface area contributed by atoms with Gasteiger partial charge in [-0.1, -0.05) is 6.92 Å². The normalized spacial score (nSPS) is 41.5. The minimum Gasteiger partial charge on any atom is -0.460 e. The Morgan fingerprint density at radius 2 is 2.29 bits per heavy atom. The lowest BCUT2D eigenvalue weighted by molar-refractivity contribution is -0.158. The van der Waals surface area contributed by atoms with E-state index in [1.54, 1.807) is 7.11 Å². The van der Waals surface area contributed by atoms with Gasteiger partial charge in [0, 0.05) is 7.11 Å². The third kappa shape index (κ3) is 2.63. The molecular weight excluding hydrogens is 220 g/mol. The summed E-state index contributed by atoms with van der Waals surface area (Å²) in [5, 5.41) is 0. The summed E-state index contributed by atoms with van der Waals surface area (Å²) < 4.78 is 16.0. The molecule has 5 atom stereocenters. The molecule has 2 aliphatic rings. The standard InChI is InChI=1S/C13H22O4/c1-8-6-13(3)11(17-13)5-10(8)12(14)16-9(2)7-15-4/h8-11H,5-7H2,1-4H3. The topological polar surface area (TPSA) is 48.1 Å². The smallest absolute Gasteiger partial charge is 0.309 e. The van der Waals surface area contributed by atoms with E-state index >= 15 is 0 Å². The molecule has 0 aromatic rings. The van der Waals surface area contributed by atoms with Gasteiger partial charge in [0.05, 0.1) is 24.2 Å². The molecule has 4 heteroatoms. The highest BCUT2D eigenvalue weighted by Crippen LogP contribution is 2.51. The van der Waals surface area contributed by atoms with E-state index in [0.29, 0.717) is 12.5 Å². The molecule has 1 saturated carbocycles. The molecule has 0 amide bonds. The Hall–Kier alpha value is -0.610. The zero-order chi connectivity index (χ0) is 12.6. The van der Waals surface area contributed by atoms with Crippen molar-refractivity contribution >= 4 is 5.97 Å². The highest BCUT2D eigenvalue weighted by molar-refractivity contribution is 5.73. The van der Waals surface area contributed by atoms with Crippen LogP contribution in [-0.4, -0.2) is 37.5 Å². The molecule has 0 spiro atoms. The number of hydrogen-bond acceptors (Lipinski definition) is 4. The maximum Gasteiger partial charge on any atom is 0.309 e. The Labute approximate surface area is 103 Å². The van der Waals surface area contributed by atoms with E-state index in [1.807, 2.05) is 6.92 Å². The van der Waals surface area contributed by atoms with Gasteiger partial charge in [-0.3, -0.25) is 4.79 Å². The van der Waals surface area contributed by atoms with Gasteiger partial charge in [0.25, 0.3) is 0 Å². The molecular formula is C13H22O4. The Kier molecular flexibility index (Phi) is 3.46. The number of hydrogen-bond donors (Lipinski definition) is 0. The average Bonchev–Trinajstić information content (AvgIpc) is 2.86. The number of carbonyl (C=O) groups is 1. The van der Waals surface area contributed by atoms with E-state index in [9.17, 15) is 4.79 Å². The number of methoxy groups -OCH3 is 1. The Balaban J connectivity index is 1.87. The van der Waals surface area contributed by atoms with Gasteiger partial charge in [-0.05, 0) is 32.6 Å². The summed E-state index contributed by atoms with van der Waals surface area (Å²) in [6.07, 6.45) is 1.84. The fraction of sp³-hybridized carbons (Fsp3) is 0.923. The number of fused-ring (bicyclic) bond motifs is 1. The van der Waals surface area contributed by atoms with Crippen molar-refractivity contribution in [3.63, 3.8) is 0 Å². The van der Waals surface area contributed by atoms with Gasteiger partial charge < -0.3 is 14.2 Å². The third-order valence-corrected chi connectivity index (χ3v) is 3.94. The van der Waals surface area contributed by atoms with Crippen molar-refractivity contribution in [2.45, 2.75) is 51.4 Å². The largest absolute Gasteiger partial charge is 0.460 e. The first-order chi connectivity index (χ1) is 7.96. The van der Waals surface area contributed by atoms with E-state index in [-0.39, 0.29) is 29.7 Å². The molecule has 2 rings (SSSR count). The van der Waals surface area contributed by atoms with Crippen LogP contribution in [0, 0.1) is 11.8 Å². The first kappa shape index (κ1) is 12.8. The lowest BCUT2D eigenvalue weighted by atomic mass is 9.75. The van der Waals surface area contributed by atoms with Gasteiger partial charge in [0.1, 0.15) is 6.10 Å². The van der Waals surface area contributed by atoms with Crippen molar-refractivity contribution in [1.29, 1.82) is 0 Å². The molecule has 0 aromatic carbocycles. The lowest BCUT2D eigenvalue weighted by Crippen LogP contribution is -2.36. The van der Waals surface area contributed by atoms with Crippen molar-refractivity contribution in [3.8, 4) is 0 Å². The Morgan fingerprint density at radius 1 is 1.59 bits per heavy atom. The molecule has 0 bridgehead atoms. The van der Waals surface area contributed by atoms with E-state index in [4.69, 9.17) is 14.2 Å². The molecule has 17 heavy (non-hydrogen) atoms. The Morgan fingerprint density at radius 3 is 2.94 bits per heavy atom. The van der Waals surface area contributed by atoms with E-state index in [0.717, 1.165) is 12.8 Å². The first-order valence-electron chi connectivity index (χ1n) is 6.33. The van der Waals surface area contributed by atoms with Crippen LogP contribution in [0.1, 0.15) is 33.6 Å². The average molecular weight is 242 g/mol. The molecule has 1 aliphatic heterocycles. The Bertz CT molecular complexity index is 304. The third-order valence-electron chi connectivity index (χ3n) is 3.94. The molecule has 0 aromatic heterocycles. The second-order valence-corrected chi connectivity index (χ2v) is 5.65. The van der Waals surface area contributed by atoms with Crippen LogP contribution < -0.4 is 0 Å². The van der Waals surface area contributed by atoms with Gasteiger partial charge in [0.15, 0.2) is 0 Å². The monoisotopic (exact) mass is 242 g/mol. The molecule has 1 aliphatic carbocycles. The highest BCUT2D eigenvalue weighted by atomic mass is 16.6. The van der Waals surface area contributed by atoms with Crippen molar-refractivity contribution < 1.29 is 19.0 Å². The van der Waals surface area contributed by atoms with Gasteiger partial charge >= 0.3 is 5.97 Å². The summed E-state index contributed by atoms with van der Waals surface area (Å²) >= 11 is 0. The van der Waals surface area contributed by atoms with Crippen molar-refractivity contribution in [2.24, 2.45) is 11.8 Å². The van der Waals surface area contributed by atoms with Crippen LogP contribution in [-0.2, 0) is 19.0 Å². The van der Waals surface area contributed by atoms with E-state index < -0.39 is 0 Å². The predicted octanol–water partition coefficient (Wildman–Crippen LogP) is 1.77. The second-order valence-electron chi connectivity index (χ2n) is 5.65. The van der Waals surface area contributed by atoms with Gasteiger partial charge in [-0.15, -0.1) is 0 Å². The second kappa shape index (κ2) is 4.58. The number of carbonyl (C=O) groups excluding carboxylic acids is 1. The van der Waals surface area contributed by atoms with Gasteiger partial charge in [-0.25, -0.2) is 0 Å². The molecule has 1 heterocycles. The summed E-state index contributed by atoms with van der Waals surface area (Å²) in [5.74, 6) is 0.218. The van der Waals surface area contributed by atoms with Crippen LogP contribution in [0.5, 0.6) is 0 Å². The highest BCUT2D eigenvalue weighted by Gasteiger charge is 2.58.